The lowest BCUT2D eigenvalue weighted by Gasteiger charge is -2.36. The van der Waals surface area contributed by atoms with Gasteiger partial charge in [0.2, 0.25) is 82.7 Å². The number of hydrogen-bond acceptors (Lipinski definition) is 22. The Kier molecular flexibility index (Phi) is 36.9. The summed E-state index contributed by atoms with van der Waals surface area (Å²) in [5.41, 5.74) is 21.0. The molecule has 38 nitrogen and oxygen atoms in total. The smallest absolute Gasteiger partial charge is 0.305 e. The summed E-state index contributed by atoms with van der Waals surface area (Å²) in [6, 6.07) is 2.82. The number of likely N-dealkylation sites (N-methyl/N-ethyl adjacent to an activating group) is 2. The molecule has 4 aliphatic rings. The number of hydrogen-bond donors (Lipinski definition) is 16. The Balaban J connectivity index is 1.07. The number of phenols is 1. The fourth-order valence-corrected chi connectivity index (χ4v) is 18.0. The number of aliphatic hydroxyl groups is 1. The molecule has 4 fully saturated rings. The van der Waals surface area contributed by atoms with Crippen LogP contribution < -0.4 is 59.7 Å². The summed E-state index contributed by atoms with van der Waals surface area (Å²) in [5.74, 6) is -18.7. The third-order valence-electron chi connectivity index (χ3n) is 24.1. The number of thioether (sulfide) groups is 1. The standard InChI is InChI=1S/C89H124N18O20S/c1-8-10-22-68-82(120)96-50(5)78(116)102-67(80(118)95-45-75(92)112)47-128-48-76(113)97-64(35-51-26-28-56(108)29-27-51)86(124)105-32-16-24-69(105)83(121)100-65(41-77(114)115)87(125)106-33-17-25-70(106)84(122)101-66(42-91)81(119)99-63(34-49(3)4)88(126)107-46-57(109)40-72(107)74(111)38-52(36-54-43-93-60-20-14-12-18-58(54)60)79(117)98-62(30-31-90)73(110)39-53(37-55-44-94-61-21-15-13-19-59(55)61)85(123)104(7)71(23-11-9-2)89(127)103(68)6/h12-15,18-21,26-29,43-44,49-50,52-53,57,62-72,93-94,108-109H,8-11,16-17,22-25,30-42,45-48,90-91H2,1-7H3,(H2,92,112)(H,95,118)(H,96,120)(H,97,113)(H,98,117)(H,99,119)(H,100,121)(H,101,122)(H,102,116)(H,114,115)/t50-,52+,53+,57+,62-,63-,64-,65-,66-,67-,68-,69-,70-,71-,72-/m0/s1. The average molecular weight is 1800 g/mol. The normalized spacial score (nSPS) is 26.1. The quantitative estimate of drug-likeness (QED) is 0.0437. The Morgan fingerprint density at radius 3 is 1.67 bits per heavy atom. The molecule has 0 saturated carbocycles. The number of aromatic nitrogens is 2. The minimum atomic E-state index is -1.84. The second-order valence-corrected chi connectivity index (χ2v) is 35.1. The first kappa shape index (κ1) is 99.9. The van der Waals surface area contributed by atoms with Crippen molar-refractivity contribution in [2.45, 2.75) is 235 Å². The number of benzene rings is 3. The van der Waals surface area contributed by atoms with E-state index in [4.69, 9.17) is 17.2 Å². The lowest BCUT2D eigenvalue weighted by atomic mass is 9.88. The summed E-state index contributed by atoms with van der Waals surface area (Å²) in [6.07, 6.45) is 1.51. The molecule has 696 valence electrons. The second-order valence-electron chi connectivity index (χ2n) is 34.1. The Morgan fingerprint density at radius 2 is 1.10 bits per heavy atom. The number of aliphatic carboxylic acids is 1. The summed E-state index contributed by atoms with van der Waals surface area (Å²) in [4.78, 5) is 260. The van der Waals surface area contributed by atoms with E-state index < -0.39 is 229 Å². The highest BCUT2D eigenvalue weighted by Gasteiger charge is 2.47. The largest absolute Gasteiger partial charge is 0.508 e. The van der Waals surface area contributed by atoms with Crippen molar-refractivity contribution in [3.63, 3.8) is 0 Å². The number of carboxylic acids is 1. The maximum Gasteiger partial charge on any atom is 0.305 e. The highest BCUT2D eigenvalue weighted by atomic mass is 32.2. The number of H-pyrrole nitrogens is 2. The molecule has 0 spiro atoms. The number of para-hydroxylation sites is 2. The van der Waals surface area contributed by atoms with Crippen LogP contribution in [0, 0.1) is 17.8 Å². The molecule has 19 N–H and O–H groups in total. The van der Waals surface area contributed by atoms with Gasteiger partial charge in [-0.3, -0.25) is 81.5 Å². The van der Waals surface area contributed by atoms with Crippen LogP contribution in [0.1, 0.15) is 154 Å². The number of nitrogens with zero attached hydrogens (tertiary/aromatic N) is 5. The van der Waals surface area contributed by atoms with Gasteiger partial charge in [-0.15, -0.1) is 11.8 Å². The van der Waals surface area contributed by atoms with E-state index in [2.05, 4.69) is 52.5 Å². The number of nitrogens with two attached hydrogens (primary N) is 3. The highest BCUT2D eigenvalue weighted by Crippen LogP contribution is 2.32. The first-order valence-corrected chi connectivity index (χ1v) is 45.1. The van der Waals surface area contributed by atoms with E-state index in [9.17, 15) is 68.1 Å². The zero-order chi connectivity index (χ0) is 93.3. The Hall–Kier alpha value is -11.8. The molecule has 0 radical (unpaired) electrons. The number of carboxylic acid groups (broad SMARTS) is 1. The van der Waals surface area contributed by atoms with Crippen molar-refractivity contribution >= 4 is 134 Å². The second kappa shape index (κ2) is 47.3. The number of ketones is 2. The topological polar surface area (TPSA) is 573 Å². The molecule has 4 aliphatic heterocycles. The summed E-state index contributed by atoms with van der Waals surface area (Å²) >= 11 is 0.802. The van der Waals surface area contributed by atoms with E-state index in [1.165, 1.54) is 55.1 Å². The third-order valence-corrected chi connectivity index (χ3v) is 25.1. The van der Waals surface area contributed by atoms with Crippen molar-refractivity contribution in [3.8, 4) is 5.75 Å². The van der Waals surface area contributed by atoms with Gasteiger partial charge in [-0.05, 0) is 125 Å². The van der Waals surface area contributed by atoms with E-state index in [0.717, 1.165) is 37.4 Å². The number of aromatic hydroxyl groups is 1. The number of primary amides is 1. The monoisotopic (exact) mass is 1800 g/mol. The Labute approximate surface area is 746 Å². The fraction of sp³-hybridized carbons (Fsp3) is 0.562. The van der Waals surface area contributed by atoms with Gasteiger partial charge in [-0.25, -0.2) is 0 Å². The van der Waals surface area contributed by atoms with Gasteiger partial charge in [0.1, 0.15) is 66.2 Å². The lowest BCUT2D eigenvalue weighted by molar-refractivity contribution is -0.150. The first-order valence-electron chi connectivity index (χ1n) is 44.0. The Morgan fingerprint density at radius 1 is 0.562 bits per heavy atom. The van der Waals surface area contributed by atoms with Crippen LogP contribution in [-0.4, -0.2) is 293 Å². The van der Waals surface area contributed by atoms with E-state index in [1.54, 1.807) is 44.4 Å². The molecule has 0 unspecified atom stereocenters. The van der Waals surface area contributed by atoms with Crippen LogP contribution in [0.15, 0.2) is 85.2 Å². The molecule has 5 aromatic rings. The SMILES string of the molecule is CCCC[C@H]1C(=O)N(C)[C@@H](CCCC)C(=O)N[C@@H](C)C(=O)N[C@H](C(=O)NCC(N)=O)CSCC(=O)N[C@@H](Cc2ccc(O)cc2)C(=O)N2CCC[C@H]2C(=O)N[C@@H](CC(=O)O)C(=O)N2CCC[C@H]2C(=O)N[C@@H](CN)C(=O)N[C@@H](CC(C)C)C(=O)N2C[C@H](O)C[C@H]2C(=O)C[C@@H](Cc2c[nH]c3ccccc23)C(=O)N[C@@H](CCN)C(=O)C[C@@H](Cc2c[nH]c3ccccc23)C(=O)N1C. The van der Waals surface area contributed by atoms with Crippen molar-refractivity contribution in [1.82, 2.24) is 77.0 Å². The van der Waals surface area contributed by atoms with E-state index in [-0.39, 0.29) is 121 Å². The number of unbranched alkanes of at least 4 members (excludes halogenated alkanes) is 2. The molecular weight excluding hydrogens is 1670 g/mol. The van der Waals surface area contributed by atoms with E-state index in [0.29, 0.717) is 53.3 Å². The van der Waals surface area contributed by atoms with Crippen LogP contribution in [0.4, 0.5) is 0 Å². The number of carbonyl (C=O) groups is 17. The van der Waals surface area contributed by atoms with Gasteiger partial charge in [0, 0.05) is 118 Å². The molecule has 4 saturated heterocycles. The first-order chi connectivity index (χ1) is 61.0. The van der Waals surface area contributed by atoms with Crippen molar-refractivity contribution in [3.05, 3.63) is 102 Å². The number of phenolic OH excluding ortho intramolecular Hbond substituents is 1. The molecule has 0 aliphatic carbocycles. The number of fused-ring (bicyclic) bond motifs is 5. The molecule has 3 aromatic carbocycles. The van der Waals surface area contributed by atoms with E-state index in [1.807, 2.05) is 44.2 Å². The number of aliphatic hydroxyl groups excluding tert-OH is 1. The molecule has 6 heterocycles. The number of rotatable bonds is 22. The van der Waals surface area contributed by atoms with Crippen LogP contribution in [0.3, 0.4) is 0 Å². The molecule has 14 amide bonds. The van der Waals surface area contributed by atoms with Gasteiger partial charge >= 0.3 is 5.97 Å². The number of nitrogens with one attached hydrogen (secondary N) is 10. The summed E-state index contributed by atoms with van der Waals surface area (Å²) < 4.78 is 0. The molecule has 15 atom stereocenters. The molecule has 9 rings (SSSR count). The number of Topliss-reactive ketones (excluding diaryl/α,β-unsaturated/α-hetero) is 2. The zero-order valence-electron chi connectivity index (χ0n) is 73.6. The molecule has 0 bridgehead atoms. The van der Waals surface area contributed by atoms with Crippen molar-refractivity contribution < 1.29 is 96.8 Å². The number of amides is 14. The summed E-state index contributed by atoms with van der Waals surface area (Å²) in [6.45, 7) is 6.60. The highest BCUT2D eigenvalue weighted by molar-refractivity contribution is 8.00. The van der Waals surface area contributed by atoms with Crippen molar-refractivity contribution in [2.75, 3.05) is 64.9 Å². The third kappa shape index (κ3) is 26.7. The molecule has 2 aromatic heterocycles. The van der Waals surface area contributed by atoms with Crippen LogP contribution >= 0.6 is 11.8 Å². The van der Waals surface area contributed by atoms with Crippen LogP contribution in [0.25, 0.3) is 21.8 Å². The maximum atomic E-state index is 15.8. The van der Waals surface area contributed by atoms with Gasteiger partial charge in [0.25, 0.3) is 0 Å². The minimum Gasteiger partial charge on any atom is -0.508 e. The van der Waals surface area contributed by atoms with Gasteiger partial charge in [0.05, 0.1) is 36.9 Å². The van der Waals surface area contributed by atoms with Crippen molar-refractivity contribution in [1.29, 1.82) is 0 Å². The van der Waals surface area contributed by atoms with Crippen molar-refractivity contribution in [2.24, 2.45) is 35.0 Å². The Bertz CT molecular complexity index is 4830. The number of carbonyl (C=O) groups excluding carboxylic acids is 16. The zero-order valence-corrected chi connectivity index (χ0v) is 74.4. The van der Waals surface area contributed by atoms with Crippen LogP contribution in [-0.2, 0) is 101 Å². The molecular formula is C89H124N18O20S. The van der Waals surface area contributed by atoms with Gasteiger partial charge in [-0.1, -0.05) is 102 Å². The fourth-order valence-electron chi connectivity index (χ4n) is 17.2. The summed E-state index contributed by atoms with van der Waals surface area (Å²) in [7, 11) is 2.83. The number of aromatic amines is 2. The molecule has 39 heteroatoms. The maximum absolute atomic E-state index is 15.8. The molecule has 128 heavy (non-hydrogen) atoms. The van der Waals surface area contributed by atoms with Gasteiger partial charge in [0.15, 0.2) is 11.6 Å². The lowest BCUT2D eigenvalue weighted by Crippen LogP contribution is -2.61. The van der Waals surface area contributed by atoms with E-state index >= 15 is 28.8 Å². The van der Waals surface area contributed by atoms with Gasteiger partial charge in [-0.2, -0.15) is 0 Å². The summed E-state index contributed by atoms with van der Waals surface area (Å²) in [5, 5.41) is 54.3. The van der Waals surface area contributed by atoms with Gasteiger partial charge < -0.3 is 110 Å². The average Bonchev–Trinajstić information content (AvgIpc) is 1.64. The predicted octanol–water partition coefficient (Wildman–Crippen LogP) is 0.102. The van der Waals surface area contributed by atoms with Crippen LogP contribution in [0.5, 0.6) is 5.75 Å². The minimum absolute atomic E-state index is 0.00526. The van der Waals surface area contributed by atoms with Crippen LogP contribution in [0.2, 0.25) is 0 Å². The predicted molar refractivity (Wildman–Crippen MR) is 473 cm³/mol.